The quantitative estimate of drug-likeness (QED) is 0.879. The number of nitrogens with one attached hydrogen (secondary N) is 1. The highest BCUT2D eigenvalue weighted by Crippen LogP contribution is 2.21. The molecule has 4 nitrogen and oxygen atoms in total. The van der Waals surface area contributed by atoms with Gasteiger partial charge in [-0.15, -0.1) is 0 Å². The molecule has 17 heavy (non-hydrogen) atoms. The Morgan fingerprint density at radius 2 is 2.47 bits per heavy atom. The summed E-state index contributed by atoms with van der Waals surface area (Å²) in [5, 5.41) is 3.49. The lowest BCUT2D eigenvalue weighted by molar-refractivity contribution is 0.108. The number of hydrogen-bond donors (Lipinski definition) is 1. The van der Waals surface area contributed by atoms with E-state index < -0.39 is 0 Å². The van der Waals surface area contributed by atoms with Crippen molar-refractivity contribution in [3.8, 4) is 0 Å². The Balaban J connectivity index is 1.74. The van der Waals surface area contributed by atoms with Crippen LogP contribution >= 0.6 is 0 Å². The van der Waals surface area contributed by atoms with Crippen LogP contribution in [0.1, 0.15) is 13.3 Å². The van der Waals surface area contributed by atoms with Crippen molar-refractivity contribution in [1.29, 1.82) is 0 Å². The van der Waals surface area contributed by atoms with Gasteiger partial charge in [0.2, 0.25) is 0 Å². The number of fused-ring (bicyclic) bond motifs is 1. The highest BCUT2D eigenvalue weighted by atomic mass is 16.5. The second-order valence-corrected chi connectivity index (χ2v) is 4.57. The van der Waals surface area contributed by atoms with Gasteiger partial charge in [-0.25, -0.2) is 4.98 Å². The van der Waals surface area contributed by atoms with E-state index in [1.807, 2.05) is 24.5 Å². The molecule has 0 bridgehead atoms. The minimum atomic E-state index is 0.365. The van der Waals surface area contributed by atoms with Crippen molar-refractivity contribution in [1.82, 2.24) is 9.38 Å². The normalized spacial score (nSPS) is 24.3. The van der Waals surface area contributed by atoms with Gasteiger partial charge in [-0.1, -0.05) is 6.07 Å². The Morgan fingerprint density at radius 3 is 3.29 bits per heavy atom. The van der Waals surface area contributed by atoms with Gasteiger partial charge >= 0.3 is 0 Å². The van der Waals surface area contributed by atoms with Crippen LogP contribution in [0.4, 0.5) is 5.82 Å². The van der Waals surface area contributed by atoms with Gasteiger partial charge in [0, 0.05) is 31.5 Å². The molecule has 2 unspecified atom stereocenters. The molecule has 1 aliphatic rings. The second-order valence-electron chi connectivity index (χ2n) is 4.57. The molecule has 2 aromatic heterocycles. The van der Waals surface area contributed by atoms with Crippen LogP contribution in [0, 0.1) is 5.92 Å². The summed E-state index contributed by atoms with van der Waals surface area (Å²) >= 11 is 0. The molecule has 1 aliphatic heterocycles. The van der Waals surface area contributed by atoms with Gasteiger partial charge in [0.1, 0.15) is 11.5 Å². The number of ether oxygens (including phenoxy) is 1. The Kier molecular flexibility index (Phi) is 2.73. The molecular formula is C13H17N3O. The van der Waals surface area contributed by atoms with Gasteiger partial charge in [-0.05, 0) is 25.5 Å². The molecule has 2 atom stereocenters. The number of anilines is 1. The van der Waals surface area contributed by atoms with E-state index in [2.05, 4.69) is 27.7 Å². The van der Waals surface area contributed by atoms with Gasteiger partial charge in [-0.3, -0.25) is 4.40 Å². The first-order valence-corrected chi connectivity index (χ1v) is 6.12. The van der Waals surface area contributed by atoms with Crippen molar-refractivity contribution in [2.24, 2.45) is 5.92 Å². The number of nitrogens with zero attached hydrogens (tertiary/aromatic N) is 2. The van der Waals surface area contributed by atoms with E-state index >= 15 is 0 Å². The summed E-state index contributed by atoms with van der Waals surface area (Å²) in [7, 11) is 0. The largest absolute Gasteiger partial charge is 0.378 e. The first-order valence-electron chi connectivity index (χ1n) is 6.12. The van der Waals surface area contributed by atoms with Gasteiger partial charge in [0.15, 0.2) is 0 Å². The van der Waals surface area contributed by atoms with Crippen LogP contribution in [0.2, 0.25) is 0 Å². The standard InChI is InChI=1S/C13H17N3O/c1-10-11(5-8-17-10)9-15-13-4-2-3-12-14-6-7-16(12)13/h2-4,6-7,10-11,15H,5,8-9H2,1H3. The van der Waals surface area contributed by atoms with E-state index in [0.29, 0.717) is 12.0 Å². The molecule has 90 valence electrons. The first-order chi connectivity index (χ1) is 8.34. The molecule has 2 aromatic rings. The Morgan fingerprint density at radius 1 is 1.53 bits per heavy atom. The van der Waals surface area contributed by atoms with Gasteiger partial charge in [0.05, 0.1) is 6.10 Å². The third kappa shape index (κ3) is 2.00. The van der Waals surface area contributed by atoms with Crippen LogP contribution in [0.25, 0.3) is 5.65 Å². The molecule has 0 saturated carbocycles. The summed E-state index contributed by atoms with van der Waals surface area (Å²) in [5.41, 5.74) is 0.978. The van der Waals surface area contributed by atoms with Gasteiger partial charge < -0.3 is 10.1 Å². The average molecular weight is 231 g/mol. The molecule has 0 aliphatic carbocycles. The van der Waals surface area contributed by atoms with Crippen molar-refractivity contribution in [2.45, 2.75) is 19.4 Å². The molecule has 0 radical (unpaired) electrons. The first kappa shape index (κ1) is 10.6. The maximum Gasteiger partial charge on any atom is 0.138 e. The summed E-state index contributed by atoms with van der Waals surface area (Å²) in [6, 6.07) is 6.11. The fourth-order valence-electron chi connectivity index (χ4n) is 2.37. The van der Waals surface area contributed by atoms with E-state index in [0.717, 1.165) is 31.0 Å². The lowest BCUT2D eigenvalue weighted by Crippen LogP contribution is -2.21. The Bertz CT molecular complexity index is 508. The number of imidazole rings is 1. The fourth-order valence-corrected chi connectivity index (χ4v) is 2.37. The molecule has 1 fully saturated rings. The third-order valence-corrected chi connectivity index (χ3v) is 3.51. The van der Waals surface area contributed by atoms with Crippen LogP contribution in [0.3, 0.4) is 0 Å². The van der Waals surface area contributed by atoms with E-state index in [9.17, 15) is 0 Å². The minimum absolute atomic E-state index is 0.365. The third-order valence-electron chi connectivity index (χ3n) is 3.51. The Hall–Kier alpha value is -1.55. The topological polar surface area (TPSA) is 38.6 Å². The molecule has 1 N–H and O–H groups in total. The predicted octanol–water partition coefficient (Wildman–Crippen LogP) is 2.17. The monoisotopic (exact) mass is 231 g/mol. The fraction of sp³-hybridized carbons (Fsp3) is 0.462. The predicted molar refractivity (Wildman–Crippen MR) is 67.2 cm³/mol. The van der Waals surface area contributed by atoms with E-state index in [-0.39, 0.29) is 0 Å². The summed E-state index contributed by atoms with van der Waals surface area (Å²) in [5.74, 6) is 1.70. The van der Waals surface area contributed by atoms with Crippen LogP contribution in [-0.4, -0.2) is 28.6 Å². The molecule has 3 rings (SSSR count). The molecule has 1 saturated heterocycles. The van der Waals surface area contributed by atoms with E-state index in [4.69, 9.17) is 4.74 Å². The van der Waals surface area contributed by atoms with E-state index in [1.54, 1.807) is 0 Å². The van der Waals surface area contributed by atoms with Crippen LogP contribution in [-0.2, 0) is 4.74 Å². The molecular weight excluding hydrogens is 214 g/mol. The van der Waals surface area contributed by atoms with Crippen molar-refractivity contribution in [2.75, 3.05) is 18.5 Å². The molecule has 0 spiro atoms. The highest BCUT2D eigenvalue weighted by molar-refractivity contribution is 5.49. The zero-order chi connectivity index (χ0) is 11.7. The van der Waals surface area contributed by atoms with Gasteiger partial charge in [-0.2, -0.15) is 0 Å². The second kappa shape index (κ2) is 4.37. The molecule has 4 heteroatoms. The lowest BCUT2D eigenvalue weighted by atomic mass is 10.0. The van der Waals surface area contributed by atoms with Crippen LogP contribution in [0.15, 0.2) is 30.6 Å². The maximum atomic E-state index is 5.57. The number of rotatable bonds is 3. The van der Waals surface area contributed by atoms with Crippen LogP contribution in [0.5, 0.6) is 0 Å². The smallest absolute Gasteiger partial charge is 0.138 e. The SMILES string of the molecule is CC1OCCC1CNc1cccc2nccn12. The minimum Gasteiger partial charge on any atom is -0.378 e. The highest BCUT2D eigenvalue weighted by Gasteiger charge is 2.23. The number of aromatic nitrogens is 2. The zero-order valence-electron chi connectivity index (χ0n) is 9.97. The molecule has 0 aromatic carbocycles. The average Bonchev–Trinajstić information content (AvgIpc) is 2.95. The zero-order valence-corrected chi connectivity index (χ0v) is 9.97. The van der Waals surface area contributed by atoms with Crippen LogP contribution < -0.4 is 5.32 Å². The summed E-state index contributed by atoms with van der Waals surface area (Å²) < 4.78 is 7.64. The number of pyridine rings is 1. The molecule has 0 amide bonds. The number of hydrogen-bond acceptors (Lipinski definition) is 3. The molecule has 3 heterocycles. The maximum absolute atomic E-state index is 5.57. The van der Waals surface area contributed by atoms with Crippen molar-refractivity contribution in [3.63, 3.8) is 0 Å². The Labute approximate surface area is 101 Å². The van der Waals surface area contributed by atoms with Crippen molar-refractivity contribution < 1.29 is 4.74 Å². The summed E-state index contributed by atoms with van der Waals surface area (Å²) in [4.78, 5) is 4.27. The lowest BCUT2D eigenvalue weighted by Gasteiger charge is -2.16. The van der Waals surface area contributed by atoms with Crippen molar-refractivity contribution in [3.05, 3.63) is 30.6 Å². The summed E-state index contributed by atoms with van der Waals surface area (Å²) in [6.07, 6.45) is 5.31. The van der Waals surface area contributed by atoms with Crippen molar-refractivity contribution >= 4 is 11.5 Å². The van der Waals surface area contributed by atoms with E-state index in [1.165, 1.54) is 0 Å². The van der Waals surface area contributed by atoms with Gasteiger partial charge in [0.25, 0.3) is 0 Å². The summed E-state index contributed by atoms with van der Waals surface area (Å²) in [6.45, 7) is 4.00.